The quantitative estimate of drug-likeness (QED) is 0.886. The fourth-order valence-electron chi connectivity index (χ4n) is 1.71. The average Bonchev–Trinajstić information content (AvgIpc) is 2.69. The number of benzene rings is 1. The Morgan fingerprint density at radius 2 is 2.11 bits per heavy atom. The molecule has 0 saturated heterocycles. The monoisotopic (exact) mass is 345 g/mol. The number of ether oxygens (including phenoxy) is 1. The van der Waals surface area contributed by atoms with E-state index in [1.165, 1.54) is 0 Å². The van der Waals surface area contributed by atoms with Gasteiger partial charge in [0.1, 0.15) is 5.75 Å². The molecular weight excluding hydrogens is 334 g/mol. The predicted molar refractivity (Wildman–Crippen MR) is 80.8 cm³/mol. The molecule has 0 bridgehead atoms. The lowest BCUT2D eigenvalue weighted by molar-refractivity contribution is 0.411. The Morgan fingerprint density at radius 3 is 2.67 bits per heavy atom. The van der Waals surface area contributed by atoms with Crippen molar-refractivity contribution in [2.45, 2.75) is 13.0 Å². The van der Waals surface area contributed by atoms with Gasteiger partial charge in [-0.2, -0.15) is 0 Å². The third-order valence-electron chi connectivity index (χ3n) is 2.76. The molecule has 2 rings (SSSR count). The number of nitrogens with two attached hydrogens (primary N) is 1. The second-order valence-corrected chi connectivity index (χ2v) is 6.79. The first-order chi connectivity index (χ1) is 8.52. The highest BCUT2D eigenvalue weighted by Crippen LogP contribution is 2.37. The minimum atomic E-state index is -0.187. The minimum absolute atomic E-state index is 0.187. The third-order valence-corrected chi connectivity index (χ3v) is 5.32. The van der Waals surface area contributed by atoms with Crippen LogP contribution in [0.1, 0.15) is 22.0 Å². The van der Waals surface area contributed by atoms with Crippen LogP contribution in [0.25, 0.3) is 0 Å². The molecule has 0 aliphatic rings. The fourth-order valence-corrected chi connectivity index (χ4v) is 3.49. The van der Waals surface area contributed by atoms with E-state index in [9.17, 15) is 0 Å². The van der Waals surface area contributed by atoms with Crippen molar-refractivity contribution >= 4 is 38.9 Å². The first-order valence-corrected chi connectivity index (χ1v) is 7.36. The molecule has 1 heterocycles. The molecule has 0 aliphatic carbocycles. The Labute approximate surface area is 124 Å². The van der Waals surface area contributed by atoms with Crippen LogP contribution in [0.2, 0.25) is 5.02 Å². The topological polar surface area (TPSA) is 35.2 Å². The van der Waals surface area contributed by atoms with Gasteiger partial charge in [0.2, 0.25) is 0 Å². The molecule has 0 amide bonds. The number of aryl methyl sites for hydroxylation is 1. The molecule has 18 heavy (non-hydrogen) atoms. The van der Waals surface area contributed by atoms with Crippen molar-refractivity contribution < 1.29 is 4.74 Å². The molecule has 5 heteroatoms. The molecule has 2 N–H and O–H groups in total. The normalized spacial score (nSPS) is 12.5. The van der Waals surface area contributed by atoms with Gasteiger partial charge in [-0.15, -0.1) is 11.3 Å². The minimum Gasteiger partial charge on any atom is -0.496 e. The number of hydrogen-bond donors (Lipinski definition) is 1. The van der Waals surface area contributed by atoms with Crippen molar-refractivity contribution in [3.63, 3.8) is 0 Å². The van der Waals surface area contributed by atoms with Crippen molar-refractivity contribution in [2.75, 3.05) is 7.11 Å². The molecular formula is C13H13BrClNOS. The van der Waals surface area contributed by atoms with Crippen molar-refractivity contribution in [2.24, 2.45) is 5.73 Å². The number of hydrogen-bond acceptors (Lipinski definition) is 3. The summed E-state index contributed by atoms with van der Waals surface area (Å²) >= 11 is 11.0. The van der Waals surface area contributed by atoms with Crippen LogP contribution in [-0.2, 0) is 0 Å². The smallest absolute Gasteiger partial charge is 0.122 e. The zero-order chi connectivity index (χ0) is 13.3. The van der Waals surface area contributed by atoms with Crippen molar-refractivity contribution in [1.82, 2.24) is 0 Å². The highest BCUT2D eigenvalue weighted by Gasteiger charge is 2.15. The van der Waals surface area contributed by atoms with Crippen LogP contribution < -0.4 is 10.5 Å². The Bertz CT molecular complexity index is 551. The van der Waals surface area contributed by atoms with E-state index >= 15 is 0 Å². The molecule has 2 nitrogen and oxygen atoms in total. The second kappa shape index (κ2) is 5.61. The summed E-state index contributed by atoms with van der Waals surface area (Å²) in [4.78, 5) is 1.03. The first kappa shape index (κ1) is 13.9. The summed E-state index contributed by atoms with van der Waals surface area (Å²) < 4.78 is 6.22. The molecule has 0 aliphatic heterocycles. The summed E-state index contributed by atoms with van der Waals surface area (Å²) in [6.45, 7) is 2.01. The van der Waals surface area contributed by atoms with E-state index in [1.807, 2.05) is 31.2 Å². The SMILES string of the molecule is COc1cc(C(N)c2cc(Cl)c(Br)s2)ccc1C. The maximum Gasteiger partial charge on any atom is 0.122 e. The lowest BCUT2D eigenvalue weighted by atomic mass is 10.0. The largest absolute Gasteiger partial charge is 0.496 e. The number of methoxy groups -OCH3 is 1. The number of halogens is 2. The Morgan fingerprint density at radius 1 is 1.39 bits per heavy atom. The summed E-state index contributed by atoms with van der Waals surface area (Å²) in [5.74, 6) is 0.852. The average molecular weight is 347 g/mol. The van der Waals surface area contributed by atoms with Crippen molar-refractivity contribution in [1.29, 1.82) is 0 Å². The summed E-state index contributed by atoms with van der Waals surface area (Å²) in [6.07, 6.45) is 0. The van der Waals surface area contributed by atoms with Crippen molar-refractivity contribution in [3.05, 3.63) is 49.1 Å². The number of rotatable bonds is 3. The Balaban J connectivity index is 2.36. The van der Waals surface area contributed by atoms with Gasteiger partial charge in [-0.3, -0.25) is 0 Å². The van der Waals surface area contributed by atoms with Gasteiger partial charge in [0, 0.05) is 4.88 Å². The molecule has 0 saturated carbocycles. The molecule has 0 fully saturated rings. The van der Waals surface area contributed by atoms with Gasteiger partial charge in [-0.1, -0.05) is 23.7 Å². The van der Waals surface area contributed by atoms with Gasteiger partial charge in [0.15, 0.2) is 0 Å². The van der Waals surface area contributed by atoms with Gasteiger partial charge < -0.3 is 10.5 Å². The predicted octanol–water partition coefficient (Wildman–Crippen LogP) is 4.53. The standard InChI is InChI=1S/C13H13BrClNOS/c1-7-3-4-8(5-10(7)17-2)12(16)11-6-9(15)13(14)18-11/h3-6,12H,16H2,1-2H3. The summed E-state index contributed by atoms with van der Waals surface area (Å²) in [6, 6.07) is 7.71. The molecule has 1 aromatic heterocycles. The Kier molecular flexibility index (Phi) is 4.33. The molecule has 0 spiro atoms. The highest BCUT2D eigenvalue weighted by molar-refractivity contribution is 9.11. The first-order valence-electron chi connectivity index (χ1n) is 5.37. The van der Waals surface area contributed by atoms with E-state index in [4.69, 9.17) is 22.1 Å². The Hall–Kier alpha value is -0.550. The van der Waals surface area contributed by atoms with Gasteiger partial charge in [-0.25, -0.2) is 0 Å². The van der Waals surface area contributed by atoms with E-state index in [2.05, 4.69) is 15.9 Å². The van der Waals surface area contributed by atoms with Crippen LogP contribution in [-0.4, -0.2) is 7.11 Å². The number of thiophene rings is 1. The lowest BCUT2D eigenvalue weighted by Crippen LogP contribution is -2.10. The molecule has 1 aromatic carbocycles. The van der Waals surface area contributed by atoms with E-state index in [-0.39, 0.29) is 6.04 Å². The molecule has 96 valence electrons. The van der Waals surface area contributed by atoms with E-state index in [0.29, 0.717) is 5.02 Å². The summed E-state index contributed by atoms with van der Waals surface area (Å²) in [5.41, 5.74) is 8.36. The summed E-state index contributed by atoms with van der Waals surface area (Å²) in [7, 11) is 1.66. The van der Waals surface area contributed by atoms with Gasteiger partial charge in [0.25, 0.3) is 0 Å². The molecule has 1 atom stereocenters. The zero-order valence-electron chi connectivity index (χ0n) is 10.0. The second-order valence-electron chi connectivity index (χ2n) is 3.98. The van der Waals surface area contributed by atoms with Crippen LogP contribution in [0.15, 0.2) is 28.1 Å². The van der Waals surface area contributed by atoms with Crippen LogP contribution >= 0.6 is 38.9 Å². The lowest BCUT2D eigenvalue weighted by Gasteiger charge is -2.12. The molecule has 0 radical (unpaired) electrons. The third kappa shape index (κ3) is 2.72. The fraction of sp³-hybridized carbons (Fsp3) is 0.231. The molecule has 2 aromatic rings. The van der Waals surface area contributed by atoms with Crippen LogP contribution in [0.4, 0.5) is 0 Å². The van der Waals surface area contributed by atoms with E-state index < -0.39 is 0 Å². The van der Waals surface area contributed by atoms with Crippen LogP contribution in [0.5, 0.6) is 5.75 Å². The maximum absolute atomic E-state index is 6.25. The van der Waals surface area contributed by atoms with E-state index in [0.717, 1.165) is 25.5 Å². The van der Waals surface area contributed by atoms with Gasteiger partial charge in [0.05, 0.1) is 22.0 Å². The highest BCUT2D eigenvalue weighted by atomic mass is 79.9. The van der Waals surface area contributed by atoms with Crippen LogP contribution in [0.3, 0.4) is 0 Å². The zero-order valence-corrected chi connectivity index (χ0v) is 13.2. The summed E-state index contributed by atoms with van der Waals surface area (Å²) in [5, 5.41) is 0.699. The van der Waals surface area contributed by atoms with Crippen LogP contribution in [0, 0.1) is 6.92 Å². The van der Waals surface area contributed by atoms with E-state index in [1.54, 1.807) is 18.4 Å². The van der Waals surface area contributed by atoms with Crippen molar-refractivity contribution in [3.8, 4) is 5.75 Å². The van der Waals surface area contributed by atoms with Gasteiger partial charge in [-0.05, 0) is 46.1 Å². The maximum atomic E-state index is 6.25. The molecule has 1 unspecified atom stereocenters. The van der Waals surface area contributed by atoms with Gasteiger partial charge >= 0.3 is 0 Å².